The maximum Gasteiger partial charge on any atom is 0.251 e. The molecule has 0 bridgehead atoms. The summed E-state index contributed by atoms with van der Waals surface area (Å²) in [6.45, 7) is 5.93. The van der Waals surface area contributed by atoms with Crippen molar-refractivity contribution in [2.24, 2.45) is 0 Å². The van der Waals surface area contributed by atoms with Crippen molar-refractivity contribution in [3.05, 3.63) is 58.9 Å². The zero-order valence-corrected chi connectivity index (χ0v) is 13.7. The van der Waals surface area contributed by atoms with E-state index < -0.39 is 0 Å². The largest absolute Gasteiger partial charge is 0.488 e. The summed E-state index contributed by atoms with van der Waals surface area (Å²) in [5, 5.41) is 11.8. The topological polar surface area (TPSA) is 71.5 Å². The average Bonchev–Trinajstić information content (AvgIpc) is 2.54. The molecule has 122 valence electrons. The molecular formula is C18H22N2O3. The third kappa shape index (κ3) is 4.53. The quantitative estimate of drug-likeness (QED) is 0.859. The fourth-order valence-electron chi connectivity index (χ4n) is 2.30. The molecule has 0 saturated carbocycles. The van der Waals surface area contributed by atoms with Crippen LogP contribution in [0.4, 0.5) is 0 Å². The third-order valence-corrected chi connectivity index (χ3v) is 3.48. The highest BCUT2D eigenvalue weighted by Gasteiger charge is 2.13. The summed E-state index contributed by atoms with van der Waals surface area (Å²) in [6.07, 6.45) is 3.49. The second-order valence-corrected chi connectivity index (χ2v) is 5.65. The molecule has 0 aliphatic carbocycles. The van der Waals surface area contributed by atoms with Crippen molar-refractivity contribution < 1.29 is 14.6 Å². The molecule has 0 fully saturated rings. The highest BCUT2D eigenvalue weighted by atomic mass is 16.5. The predicted octanol–water partition coefficient (Wildman–Crippen LogP) is 2.39. The molecule has 0 aliphatic heterocycles. The van der Waals surface area contributed by atoms with Crippen LogP contribution < -0.4 is 10.1 Å². The maximum absolute atomic E-state index is 12.1. The number of hydrogen-bond donors (Lipinski definition) is 2. The van der Waals surface area contributed by atoms with Crippen LogP contribution in [-0.4, -0.2) is 28.6 Å². The first-order valence-electron chi connectivity index (χ1n) is 7.56. The second-order valence-electron chi connectivity index (χ2n) is 5.65. The molecule has 5 nitrogen and oxygen atoms in total. The number of amides is 1. The maximum atomic E-state index is 12.1. The molecule has 2 aromatic rings. The molecule has 1 aromatic carbocycles. The van der Waals surface area contributed by atoms with Crippen LogP contribution in [0.5, 0.6) is 5.75 Å². The van der Waals surface area contributed by atoms with Crippen LogP contribution in [0.15, 0.2) is 36.7 Å². The molecule has 23 heavy (non-hydrogen) atoms. The SMILES string of the molecule is Cc1cc(C(=O)NC(C)CO)cc(C)c1OCc1cccnc1. The van der Waals surface area contributed by atoms with Crippen LogP contribution in [0.25, 0.3) is 0 Å². The normalized spacial score (nSPS) is 11.8. The Bertz CT molecular complexity index is 648. The van der Waals surface area contributed by atoms with Crippen molar-refractivity contribution in [2.75, 3.05) is 6.61 Å². The lowest BCUT2D eigenvalue weighted by Gasteiger charge is -2.15. The summed E-state index contributed by atoms with van der Waals surface area (Å²) < 4.78 is 5.88. The summed E-state index contributed by atoms with van der Waals surface area (Å²) >= 11 is 0. The smallest absolute Gasteiger partial charge is 0.251 e. The molecule has 0 aliphatic rings. The van der Waals surface area contributed by atoms with Gasteiger partial charge in [-0.25, -0.2) is 0 Å². The number of aliphatic hydroxyl groups excluding tert-OH is 1. The minimum Gasteiger partial charge on any atom is -0.488 e. The van der Waals surface area contributed by atoms with E-state index in [9.17, 15) is 4.79 Å². The number of nitrogens with one attached hydrogen (secondary N) is 1. The molecule has 1 atom stereocenters. The highest BCUT2D eigenvalue weighted by Crippen LogP contribution is 2.25. The van der Waals surface area contributed by atoms with Gasteiger partial charge in [-0.3, -0.25) is 9.78 Å². The monoisotopic (exact) mass is 314 g/mol. The van der Waals surface area contributed by atoms with Gasteiger partial charge in [-0.15, -0.1) is 0 Å². The highest BCUT2D eigenvalue weighted by molar-refractivity contribution is 5.95. The minimum atomic E-state index is -0.274. The van der Waals surface area contributed by atoms with Gasteiger partial charge in [0.2, 0.25) is 0 Å². The van der Waals surface area contributed by atoms with Gasteiger partial charge in [-0.2, -0.15) is 0 Å². The molecule has 0 saturated heterocycles. The van der Waals surface area contributed by atoms with Gasteiger partial charge in [0.05, 0.1) is 6.61 Å². The van der Waals surface area contributed by atoms with E-state index >= 15 is 0 Å². The Morgan fingerprint density at radius 3 is 2.61 bits per heavy atom. The van der Waals surface area contributed by atoms with Crippen molar-refractivity contribution in [3.8, 4) is 5.75 Å². The minimum absolute atomic E-state index is 0.0873. The van der Waals surface area contributed by atoms with Crippen molar-refractivity contribution in [3.63, 3.8) is 0 Å². The van der Waals surface area contributed by atoms with Crippen molar-refractivity contribution >= 4 is 5.91 Å². The second kappa shape index (κ2) is 7.74. The molecule has 1 unspecified atom stereocenters. The van der Waals surface area contributed by atoms with Gasteiger partial charge in [-0.05, 0) is 50.1 Å². The van der Waals surface area contributed by atoms with Crippen LogP contribution >= 0.6 is 0 Å². The first kappa shape index (κ1) is 17.0. The molecule has 2 N–H and O–H groups in total. The number of rotatable bonds is 6. The van der Waals surface area contributed by atoms with Gasteiger partial charge in [0, 0.05) is 29.6 Å². The van der Waals surface area contributed by atoms with Gasteiger partial charge >= 0.3 is 0 Å². The fraction of sp³-hybridized carbons (Fsp3) is 0.333. The third-order valence-electron chi connectivity index (χ3n) is 3.48. The number of carbonyl (C=O) groups excluding carboxylic acids is 1. The first-order chi connectivity index (χ1) is 11.0. The number of ether oxygens (including phenoxy) is 1. The predicted molar refractivity (Wildman–Crippen MR) is 88.5 cm³/mol. The Morgan fingerprint density at radius 2 is 2.04 bits per heavy atom. The van der Waals surface area contributed by atoms with Crippen LogP contribution in [0.1, 0.15) is 34.0 Å². The van der Waals surface area contributed by atoms with E-state index in [2.05, 4.69) is 10.3 Å². The molecule has 0 spiro atoms. The van der Waals surface area contributed by atoms with E-state index in [0.29, 0.717) is 12.2 Å². The lowest BCUT2D eigenvalue weighted by molar-refractivity contribution is 0.0922. The summed E-state index contributed by atoms with van der Waals surface area (Å²) in [7, 11) is 0. The van der Waals surface area contributed by atoms with Crippen molar-refractivity contribution in [1.29, 1.82) is 0 Å². The summed E-state index contributed by atoms with van der Waals surface area (Å²) in [5.74, 6) is 0.581. The van der Waals surface area contributed by atoms with E-state index in [1.54, 1.807) is 31.5 Å². The lowest BCUT2D eigenvalue weighted by Crippen LogP contribution is -2.35. The summed E-state index contributed by atoms with van der Waals surface area (Å²) in [5.41, 5.74) is 3.35. The summed E-state index contributed by atoms with van der Waals surface area (Å²) in [4.78, 5) is 16.2. The van der Waals surface area contributed by atoms with Gasteiger partial charge < -0.3 is 15.2 Å². The number of aromatic nitrogens is 1. The Labute approximate surface area is 136 Å². The Morgan fingerprint density at radius 1 is 1.35 bits per heavy atom. The van der Waals surface area contributed by atoms with Crippen LogP contribution in [0.2, 0.25) is 0 Å². The van der Waals surface area contributed by atoms with E-state index in [1.807, 2.05) is 26.0 Å². The molecule has 0 radical (unpaired) electrons. The summed E-state index contributed by atoms with van der Waals surface area (Å²) in [6, 6.07) is 7.14. The van der Waals surface area contributed by atoms with E-state index in [1.165, 1.54) is 0 Å². The number of pyridine rings is 1. The van der Waals surface area contributed by atoms with Crippen LogP contribution in [0.3, 0.4) is 0 Å². The molecule has 1 heterocycles. The van der Waals surface area contributed by atoms with Gasteiger partial charge in [0.1, 0.15) is 12.4 Å². The lowest BCUT2D eigenvalue weighted by atomic mass is 10.0. The van der Waals surface area contributed by atoms with E-state index in [0.717, 1.165) is 22.4 Å². The average molecular weight is 314 g/mol. The zero-order chi connectivity index (χ0) is 16.8. The zero-order valence-electron chi connectivity index (χ0n) is 13.7. The van der Waals surface area contributed by atoms with Crippen molar-refractivity contribution in [1.82, 2.24) is 10.3 Å². The van der Waals surface area contributed by atoms with E-state index in [-0.39, 0.29) is 18.6 Å². The molecule has 5 heteroatoms. The van der Waals surface area contributed by atoms with Crippen LogP contribution in [0, 0.1) is 13.8 Å². The Kier molecular flexibility index (Phi) is 5.71. The number of carbonyl (C=O) groups is 1. The number of nitrogens with zero attached hydrogens (tertiary/aromatic N) is 1. The Hall–Kier alpha value is -2.40. The Balaban J connectivity index is 2.12. The molecular weight excluding hydrogens is 292 g/mol. The number of benzene rings is 1. The first-order valence-corrected chi connectivity index (χ1v) is 7.56. The number of aliphatic hydroxyl groups is 1. The van der Waals surface area contributed by atoms with Gasteiger partial charge in [-0.1, -0.05) is 6.07 Å². The molecule has 1 aromatic heterocycles. The molecule has 1 amide bonds. The fourth-order valence-corrected chi connectivity index (χ4v) is 2.30. The molecule has 2 rings (SSSR count). The number of aryl methyl sites for hydroxylation is 2. The van der Waals surface area contributed by atoms with Crippen molar-refractivity contribution in [2.45, 2.75) is 33.4 Å². The number of hydrogen-bond acceptors (Lipinski definition) is 4. The van der Waals surface area contributed by atoms with Crippen LogP contribution in [-0.2, 0) is 6.61 Å². The standard InChI is InChI=1S/C18H22N2O3/c1-12-7-16(18(22)20-14(3)10-21)8-13(2)17(12)23-11-15-5-4-6-19-9-15/h4-9,14,21H,10-11H2,1-3H3,(H,20,22). The van der Waals surface area contributed by atoms with Gasteiger partial charge in [0.25, 0.3) is 5.91 Å². The van der Waals surface area contributed by atoms with Gasteiger partial charge in [0.15, 0.2) is 0 Å². The van der Waals surface area contributed by atoms with E-state index in [4.69, 9.17) is 9.84 Å².